The molecule has 1 heterocycles. The maximum atomic E-state index is 11.5. The Morgan fingerprint density at radius 2 is 1.30 bits per heavy atom. The number of unbranched alkanes of at least 4 members (excludes halogenated alkanes) is 12. The Hall–Kier alpha value is -1.12. The Balaban J connectivity index is 1.88. The summed E-state index contributed by atoms with van der Waals surface area (Å²) in [7, 11) is 0. The van der Waals surface area contributed by atoms with Gasteiger partial charge in [-0.25, -0.2) is 0 Å². The van der Waals surface area contributed by atoms with Crippen LogP contribution in [-0.2, 0) is 9.59 Å². The first-order chi connectivity index (χ1) is 13.1. The first kappa shape index (κ1) is 23.9. The summed E-state index contributed by atoms with van der Waals surface area (Å²) in [5.41, 5.74) is 1.53. The van der Waals surface area contributed by atoms with Crippen LogP contribution in [-0.4, -0.2) is 23.3 Å². The zero-order chi connectivity index (χ0) is 19.7. The molecule has 0 atom stereocenters. The minimum Gasteiger partial charge on any atom is -0.283 e. The van der Waals surface area contributed by atoms with Crippen molar-refractivity contribution in [2.24, 2.45) is 0 Å². The summed E-state index contributed by atoms with van der Waals surface area (Å²) in [6.07, 6.45) is 22.8. The van der Waals surface area contributed by atoms with Gasteiger partial charge in [0.25, 0.3) is 0 Å². The lowest BCUT2D eigenvalue weighted by atomic mass is 10.0. The smallest absolute Gasteiger partial charge is 0.229 e. The number of amides is 2. The molecule has 3 nitrogen and oxygen atoms in total. The number of rotatable bonds is 17. The summed E-state index contributed by atoms with van der Waals surface area (Å²) in [6.45, 7) is 5.16. The molecule has 0 spiro atoms. The Labute approximate surface area is 168 Å². The first-order valence-electron chi connectivity index (χ1n) is 11.6. The van der Waals surface area contributed by atoms with Gasteiger partial charge in [-0.1, -0.05) is 82.8 Å². The molecule has 1 aliphatic heterocycles. The van der Waals surface area contributed by atoms with Crippen LogP contribution in [0.25, 0.3) is 0 Å². The van der Waals surface area contributed by atoms with E-state index < -0.39 is 0 Å². The monoisotopic (exact) mass is 377 g/mol. The minimum atomic E-state index is 0.0206. The van der Waals surface area contributed by atoms with Gasteiger partial charge >= 0.3 is 0 Å². The quantitative estimate of drug-likeness (QED) is 0.156. The summed E-state index contributed by atoms with van der Waals surface area (Å²) in [5.74, 6) is 0.0412. The molecular weight excluding hydrogens is 334 g/mol. The fourth-order valence-corrected chi connectivity index (χ4v) is 3.81. The molecule has 0 radical (unpaired) electrons. The number of allylic oxidation sites excluding steroid dienone is 2. The van der Waals surface area contributed by atoms with Crippen LogP contribution >= 0.6 is 0 Å². The lowest BCUT2D eigenvalue weighted by Crippen LogP contribution is -2.29. The van der Waals surface area contributed by atoms with Gasteiger partial charge < -0.3 is 0 Å². The molecule has 0 aromatic carbocycles. The first-order valence-corrected chi connectivity index (χ1v) is 11.6. The molecule has 1 rings (SSSR count). The van der Waals surface area contributed by atoms with E-state index in [0.29, 0.717) is 19.4 Å². The summed E-state index contributed by atoms with van der Waals surface area (Å²) < 4.78 is 0. The number of hydrogen-bond acceptors (Lipinski definition) is 2. The molecular formula is C24H43NO2. The molecule has 1 saturated heterocycles. The van der Waals surface area contributed by atoms with Crippen molar-refractivity contribution in [2.75, 3.05) is 6.54 Å². The molecule has 0 saturated carbocycles. The van der Waals surface area contributed by atoms with Crippen LogP contribution in [0.5, 0.6) is 0 Å². The highest BCUT2D eigenvalue weighted by Crippen LogP contribution is 2.16. The highest BCUT2D eigenvalue weighted by Gasteiger charge is 2.27. The number of hydrogen-bond donors (Lipinski definition) is 0. The van der Waals surface area contributed by atoms with E-state index in [1.54, 1.807) is 0 Å². The molecule has 156 valence electrons. The van der Waals surface area contributed by atoms with Gasteiger partial charge in [0, 0.05) is 19.4 Å². The maximum absolute atomic E-state index is 11.5. The van der Waals surface area contributed by atoms with Crippen molar-refractivity contribution in [3.63, 3.8) is 0 Å². The number of nitrogens with zero attached hydrogens (tertiary/aromatic N) is 1. The molecule has 0 N–H and O–H groups in total. The van der Waals surface area contributed by atoms with Crippen molar-refractivity contribution in [2.45, 2.75) is 123 Å². The van der Waals surface area contributed by atoms with Gasteiger partial charge in [0.2, 0.25) is 11.8 Å². The third-order valence-corrected chi connectivity index (χ3v) is 5.66. The minimum absolute atomic E-state index is 0.0206. The van der Waals surface area contributed by atoms with Gasteiger partial charge in [-0.2, -0.15) is 0 Å². The fourth-order valence-electron chi connectivity index (χ4n) is 3.81. The van der Waals surface area contributed by atoms with Crippen LogP contribution in [0.4, 0.5) is 0 Å². The Morgan fingerprint density at radius 3 is 1.89 bits per heavy atom. The van der Waals surface area contributed by atoms with Gasteiger partial charge in [-0.05, 0) is 39.0 Å². The SMILES string of the molecule is CCCCCCCCCCCCC(C)=CCCCCCN1C(=O)CCC1=O. The van der Waals surface area contributed by atoms with Crippen molar-refractivity contribution in [3.8, 4) is 0 Å². The zero-order valence-electron chi connectivity index (χ0n) is 18.1. The van der Waals surface area contributed by atoms with E-state index in [2.05, 4.69) is 19.9 Å². The van der Waals surface area contributed by atoms with E-state index in [4.69, 9.17) is 0 Å². The molecule has 0 bridgehead atoms. The van der Waals surface area contributed by atoms with Crippen molar-refractivity contribution in [1.29, 1.82) is 0 Å². The highest BCUT2D eigenvalue weighted by atomic mass is 16.2. The molecule has 2 amide bonds. The average Bonchev–Trinajstić information content (AvgIpc) is 2.97. The molecule has 1 fully saturated rings. The number of likely N-dealkylation sites (tertiary alicyclic amines) is 1. The second-order valence-electron chi connectivity index (χ2n) is 8.27. The van der Waals surface area contributed by atoms with Crippen LogP contribution in [0.15, 0.2) is 11.6 Å². The van der Waals surface area contributed by atoms with Crippen molar-refractivity contribution < 1.29 is 9.59 Å². The largest absolute Gasteiger partial charge is 0.283 e. The van der Waals surface area contributed by atoms with E-state index in [1.165, 1.54) is 81.1 Å². The summed E-state index contributed by atoms with van der Waals surface area (Å²) in [6, 6.07) is 0. The van der Waals surface area contributed by atoms with Crippen LogP contribution in [0.3, 0.4) is 0 Å². The van der Waals surface area contributed by atoms with Gasteiger partial charge in [0.05, 0.1) is 0 Å². The molecule has 0 aromatic heterocycles. The maximum Gasteiger partial charge on any atom is 0.229 e. The lowest BCUT2D eigenvalue weighted by molar-refractivity contribution is -0.138. The van der Waals surface area contributed by atoms with E-state index in [-0.39, 0.29) is 11.8 Å². The van der Waals surface area contributed by atoms with Crippen LogP contribution in [0, 0.1) is 0 Å². The normalized spacial score (nSPS) is 15.2. The van der Waals surface area contributed by atoms with Gasteiger partial charge in [0.15, 0.2) is 0 Å². The molecule has 1 aliphatic rings. The fraction of sp³-hybridized carbons (Fsp3) is 0.833. The van der Waals surface area contributed by atoms with Crippen LogP contribution < -0.4 is 0 Å². The summed E-state index contributed by atoms with van der Waals surface area (Å²) in [4.78, 5) is 24.5. The molecule has 0 aromatic rings. The van der Waals surface area contributed by atoms with Gasteiger partial charge in [0.1, 0.15) is 0 Å². The average molecular weight is 378 g/mol. The van der Waals surface area contributed by atoms with Gasteiger partial charge in [-0.3, -0.25) is 14.5 Å². The number of carbonyl (C=O) groups excluding carboxylic acids is 2. The standard InChI is InChI=1S/C24H43NO2/c1-3-4-5-6-7-8-9-10-11-14-17-22(2)18-15-12-13-16-21-25-23(26)19-20-24(25)27/h18H,3-17,19-21H2,1-2H3. The second kappa shape index (κ2) is 15.9. The number of carbonyl (C=O) groups is 2. The molecule has 3 heteroatoms. The third kappa shape index (κ3) is 12.0. The van der Waals surface area contributed by atoms with Crippen LogP contribution in [0.2, 0.25) is 0 Å². The topological polar surface area (TPSA) is 37.4 Å². The van der Waals surface area contributed by atoms with Gasteiger partial charge in [-0.15, -0.1) is 0 Å². The summed E-state index contributed by atoms with van der Waals surface area (Å²) >= 11 is 0. The summed E-state index contributed by atoms with van der Waals surface area (Å²) in [5, 5.41) is 0. The Bertz CT molecular complexity index is 426. The second-order valence-corrected chi connectivity index (χ2v) is 8.27. The van der Waals surface area contributed by atoms with E-state index in [9.17, 15) is 9.59 Å². The third-order valence-electron chi connectivity index (χ3n) is 5.66. The Kier molecular flexibility index (Phi) is 14.1. The van der Waals surface area contributed by atoms with E-state index >= 15 is 0 Å². The molecule has 0 unspecified atom stereocenters. The van der Waals surface area contributed by atoms with Crippen molar-refractivity contribution in [1.82, 2.24) is 4.90 Å². The zero-order valence-corrected chi connectivity index (χ0v) is 18.1. The molecule has 27 heavy (non-hydrogen) atoms. The van der Waals surface area contributed by atoms with Crippen molar-refractivity contribution in [3.05, 3.63) is 11.6 Å². The van der Waals surface area contributed by atoms with Crippen LogP contribution in [0.1, 0.15) is 123 Å². The predicted octanol–water partition coefficient (Wildman–Crippen LogP) is 6.95. The van der Waals surface area contributed by atoms with Crippen molar-refractivity contribution >= 4 is 11.8 Å². The van der Waals surface area contributed by atoms with E-state index in [1.807, 2.05) is 0 Å². The number of imide groups is 1. The van der Waals surface area contributed by atoms with E-state index in [0.717, 1.165) is 25.7 Å². The lowest BCUT2D eigenvalue weighted by Gasteiger charge is -2.12. The molecule has 0 aliphatic carbocycles. The Morgan fingerprint density at radius 1 is 0.778 bits per heavy atom. The predicted molar refractivity (Wildman–Crippen MR) is 115 cm³/mol. The highest BCUT2D eigenvalue weighted by molar-refractivity contribution is 6.01.